The molecule has 0 N–H and O–H groups in total. The molecule has 176 valence electrons. The number of amides is 1. The minimum absolute atomic E-state index is 0.0176. The number of nitrogens with zero attached hydrogens (tertiary/aromatic N) is 4. The van der Waals surface area contributed by atoms with Gasteiger partial charge in [0.15, 0.2) is 0 Å². The van der Waals surface area contributed by atoms with Crippen molar-refractivity contribution in [2.75, 3.05) is 26.0 Å². The minimum atomic E-state index is -4.55. The lowest BCUT2D eigenvalue weighted by atomic mass is 10.0. The molecule has 3 aromatic heterocycles. The average Bonchev–Trinajstić information content (AvgIpc) is 3.47. The number of carbonyl (C=O) groups is 1. The van der Waals surface area contributed by atoms with Crippen LogP contribution in [-0.2, 0) is 11.0 Å². The van der Waals surface area contributed by atoms with E-state index >= 15 is 0 Å². The summed E-state index contributed by atoms with van der Waals surface area (Å²) in [6.07, 6.45) is -4.55. The molecule has 0 bridgehead atoms. The number of hydrogen-bond donors (Lipinski definition) is 0. The first kappa shape index (κ1) is 22.7. The van der Waals surface area contributed by atoms with Crippen molar-refractivity contribution in [3.63, 3.8) is 0 Å². The molecule has 7 nitrogen and oxygen atoms in total. The number of thioether (sulfide) groups is 1. The van der Waals surface area contributed by atoms with Crippen LogP contribution in [0.15, 0.2) is 51.3 Å². The Morgan fingerprint density at radius 1 is 1.26 bits per heavy atom. The maximum atomic E-state index is 13.6. The summed E-state index contributed by atoms with van der Waals surface area (Å²) in [5.41, 5.74) is -0.636. The Morgan fingerprint density at radius 2 is 2.09 bits per heavy atom. The SMILES string of the molecule is COc1ccc2c(C(F)(F)F)cc(SCC(=O)N3CC(c4nc(-c5cccs5)no4)C3)nc2c1. The van der Waals surface area contributed by atoms with Gasteiger partial charge in [-0.2, -0.15) is 18.2 Å². The molecule has 1 aliphatic rings. The first-order valence-corrected chi connectivity index (χ1v) is 12.0. The Morgan fingerprint density at radius 3 is 2.79 bits per heavy atom. The molecule has 0 saturated carbocycles. The average molecular weight is 507 g/mol. The molecule has 1 aromatic carbocycles. The van der Waals surface area contributed by atoms with E-state index in [9.17, 15) is 18.0 Å². The molecular formula is C22H17F3N4O3S2. The Bertz CT molecular complexity index is 1340. The number of halogens is 3. The molecule has 1 fully saturated rings. The highest BCUT2D eigenvalue weighted by molar-refractivity contribution is 7.99. The normalized spacial score (nSPS) is 14.4. The van der Waals surface area contributed by atoms with Crippen LogP contribution in [0.25, 0.3) is 21.6 Å². The summed E-state index contributed by atoms with van der Waals surface area (Å²) in [5, 5.41) is 6.01. The van der Waals surface area contributed by atoms with Crippen molar-refractivity contribution in [1.82, 2.24) is 20.0 Å². The number of ether oxygens (including phenoxy) is 1. The van der Waals surface area contributed by atoms with Gasteiger partial charge in [0.25, 0.3) is 0 Å². The molecule has 0 unspecified atom stereocenters. The van der Waals surface area contributed by atoms with Gasteiger partial charge < -0.3 is 14.2 Å². The molecule has 34 heavy (non-hydrogen) atoms. The van der Waals surface area contributed by atoms with Crippen molar-refractivity contribution in [2.24, 2.45) is 0 Å². The second kappa shape index (κ2) is 8.91. The van der Waals surface area contributed by atoms with E-state index in [0.29, 0.717) is 30.6 Å². The Balaban J connectivity index is 1.24. The van der Waals surface area contributed by atoms with Crippen LogP contribution < -0.4 is 4.74 Å². The Hall–Kier alpha value is -3.12. The molecule has 5 rings (SSSR count). The number of alkyl halides is 3. The van der Waals surface area contributed by atoms with Crippen molar-refractivity contribution in [1.29, 1.82) is 0 Å². The third-order valence-corrected chi connectivity index (χ3v) is 7.17. The van der Waals surface area contributed by atoms with Crippen LogP contribution in [0.1, 0.15) is 17.4 Å². The smallest absolute Gasteiger partial charge is 0.417 e. The molecule has 1 amide bonds. The van der Waals surface area contributed by atoms with Gasteiger partial charge >= 0.3 is 6.18 Å². The highest BCUT2D eigenvalue weighted by atomic mass is 32.2. The van der Waals surface area contributed by atoms with E-state index in [0.717, 1.165) is 22.7 Å². The van der Waals surface area contributed by atoms with E-state index in [1.54, 1.807) is 4.90 Å². The van der Waals surface area contributed by atoms with Crippen molar-refractivity contribution >= 4 is 39.9 Å². The van der Waals surface area contributed by atoms with E-state index in [-0.39, 0.29) is 33.5 Å². The number of pyridine rings is 1. The van der Waals surface area contributed by atoms with E-state index in [2.05, 4.69) is 15.1 Å². The summed E-state index contributed by atoms with van der Waals surface area (Å²) < 4.78 is 51.2. The van der Waals surface area contributed by atoms with E-state index in [1.807, 2.05) is 17.5 Å². The highest BCUT2D eigenvalue weighted by Gasteiger charge is 2.36. The molecule has 4 heterocycles. The van der Waals surface area contributed by atoms with Crippen molar-refractivity contribution in [3.8, 4) is 16.5 Å². The maximum absolute atomic E-state index is 13.6. The molecule has 0 radical (unpaired) electrons. The molecule has 0 aliphatic carbocycles. The maximum Gasteiger partial charge on any atom is 0.417 e. The van der Waals surface area contributed by atoms with E-state index < -0.39 is 11.7 Å². The van der Waals surface area contributed by atoms with Gasteiger partial charge in [0.1, 0.15) is 5.75 Å². The quantitative estimate of drug-likeness (QED) is 0.337. The Labute approximate surface area is 199 Å². The number of aromatic nitrogens is 3. The van der Waals surface area contributed by atoms with Gasteiger partial charge in [0.05, 0.1) is 39.8 Å². The number of thiophene rings is 1. The van der Waals surface area contributed by atoms with Gasteiger partial charge in [0, 0.05) is 24.5 Å². The fourth-order valence-electron chi connectivity index (χ4n) is 3.59. The number of rotatable bonds is 6. The largest absolute Gasteiger partial charge is 0.497 e. The van der Waals surface area contributed by atoms with Crippen LogP contribution in [0.4, 0.5) is 13.2 Å². The fourth-order valence-corrected chi connectivity index (χ4v) is 5.06. The van der Waals surface area contributed by atoms with Gasteiger partial charge in [0.2, 0.25) is 17.6 Å². The minimum Gasteiger partial charge on any atom is -0.497 e. The third kappa shape index (κ3) is 4.47. The molecule has 1 aliphatic heterocycles. The first-order valence-electron chi connectivity index (χ1n) is 10.2. The lowest BCUT2D eigenvalue weighted by molar-refractivity contribution is -0.136. The van der Waals surface area contributed by atoms with E-state index in [4.69, 9.17) is 9.26 Å². The summed E-state index contributed by atoms with van der Waals surface area (Å²) in [4.78, 5) is 23.8. The second-order valence-corrected chi connectivity index (χ2v) is 9.55. The fraction of sp³-hybridized carbons (Fsp3) is 0.273. The molecule has 4 aromatic rings. The summed E-state index contributed by atoms with van der Waals surface area (Å²) in [6, 6.07) is 9.03. The number of hydrogen-bond acceptors (Lipinski definition) is 8. The van der Waals surface area contributed by atoms with Gasteiger partial charge in [-0.05, 0) is 29.6 Å². The van der Waals surface area contributed by atoms with Crippen LogP contribution >= 0.6 is 23.1 Å². The molecule has 0 spiro atoms. The number of likely N-dealkylation sites (tertiary alicyclic amines) is 1. The standard InChI is InChI=1S/C22H17F3N4O3S2/c1-31-13-4-5-14-15(22(23,24)25)8-18(26-16(14)7-13)34-11-19(30)29-9-12(10-29)21-27-20(28-32-21)17-3-2-6-33-17/h2-8,12H,9-11H2,1H3. The summed E-state index contributed by atoms with van der Waals surface area (Å²) >= 11 is 2.48. The number of fused-ring (bicyclic) bond motifs is 1. The summed E-state index contributed by atoms with van der Waals surface area (Å²) in [7, 11) is 1.43. The van der Waals surface area contributed by atoms with Crippen LogP contribution in [-0.4, -0.2) is 51.9 Å². The molecule has 1 saturated heterocycles. The van der Waals surface area contributed by atoms with E-state index in [1.165, 1.54) is 36.6 Å². The summed E-state index contributed by atoms with van der Waals surface area (Å²) in [5.74, 6) is 1.11. The van der Waals surface area contributed by atoms with Gasteiger partial charge in [-0.1, -0.05) is 23.0 Å². The predicted octanol–water partition coefficient (Wildman–Crippen LogP) is 5.09. The lowest BCUT2D eigenvalue weighted by Gasteiger charge is -2.37. The van der Waals surface area contributed by atoms with Crippen LogP contribution in [0, 0.1) is 0 Å². The monoisotopic (exact) mass is 506 g/mol. The second-order valence-electron chi connectivity index (χ2n) is 7.61. The number of benzene rings is 1. The number of carbonyl (C=O) groups excluding carboxylic acids is 1. The Kier molecular flexibility index (Phi) is 5.94. The zero-order chi connectivity index (χ0) is 23.9. The zero-order valence-electron chi connectivity index (χ0n) is 17.7. The van der Waals surface area contributed by atoms with Gasteiger partial charge in [-0.3, -0.25) is 4.79 Å². The number of methoxy groups -OCH3 is 1. The molecule has 12 heteroatoms. The first-order chi connectivity index (χ1) is 16.3. The van der Waals surface area contributed by atoms with Crippen LogP contribution in [0.5, 0.6) is 5.75 Å². The van der Waals surface area contributed by atoms with Crippen molar-refractivity contribution in [2.45, 2.75) is 17.1 Å². The molecular weight excluding hydrogens is 489 g/mol. The zero-order valence-corrected chi connectivity index (χ0v) is 19.3. The third-order valence-electron chi connectivity index (χ3n) is 5.41. The summed E-state index contributed by atoms with van der Waals surface area (Å²) in [6.45, 7) is 0.837. The lowest BCUT2D eigenvalue weighted by Crippen LogP contribution is -2.49. The topological polar surface area (TPSA) is 81.4 Å². The van der Waals surface area contributed by atoms with Gasteiger partial charge in [-0.15, -0.1) is 11.3 Å². The van der Waals surface area contributed by atoms with Gasteiger partial charge in [-0.25, -0.2) is 4.98 Å². The van der Waals surface area contributed by atoms with Crippen molar-refractivity contribution in [3.05, 3.63) is 53.2 Å². The van der Waals surface area contributed by atoms with Crippen molar-refractivity contribution < 1.29 is 27.2 Å². The molecule has 0 atom stereocenters. The van der Waals surface area contributed by atoms with Crippen LogP contribution in [0.2, 0.25) is 0 Å². The predicted molar refractivity (Wildman–Crippen MR) is 121 cm³/mol. The van der Waals surface area contributed by atoms with Crippen LogP contribution in [0.3, 0.4) is 0 Å². The highest BCUT2D eigenvalue weighted by Crippen LogP contribution is 2.38.